The van der Waals surface area contributed by atoms with Crippen LogP contribution in [-0.4, -0.2) is 42.6 Å². The topological polar surface area (TPSA) is 69.7 Å². The normalized spacial score (nSPS) is 17.1. The van der Waals surface area contributed by atoms with Crippen LogP contribution in [0.25, 0.3) is 0 Å². The number of amides is 1. The molecule has 1 amide bonds. The summed E-state index contributed by atoms with van der Waals surface area (Å²) in [5.74, 6) is -0.355. The number of anilines is 1. The van der Waals surface area contributed by atoms with Gasteiger partial charge in [0.2, 0.25) is 5.91 Å². The van der Waals surface area contributed by atoms with E-state index in [0.29, 0.717) is 17.3 Å². The maximum atomic E-state index is 12.7. The second kappa shape index (κ2) is 8.39. The molecular formula is C19H22ClN3O3S. The molecule has 0 aromatic heterocycles. The highest BCUT2D eigenvalue weighted by atomic mass is 35.5. The molecule has 0 atom stereocenters. The molecule has 0 unspecified atom stereocenters. The van der Waals surface area contributed by atoms with E-state index < -0.39 is 10.2 Å². The highest BCUT2D eigenvalue weighted by molar-refractivity contribution is 7.87. The van der Waals surface area contributed by atoms with Gasteiger partial charge in [-0.25, -0.2) is 0 Å². The zero-order chi connectivity index (χ0) is 19.4. The van der Waals surface area contributed by atoms with E-state index in [1.807, 2.05) is 31.2 Å². The molecule has 144 valence electrons. The molecule has 1 aliphatic heterocycles. The summed E-state index contributed by atoms with van der Waals surface area (Å²) in [6.45, 7) is 2.61. The van der Waals surface area contributed by atoms with Gasteiger partial charge >= 0.3 is 0 Å². The van der Waals surface area contributed by atoms with Crippen LogP contribution in [0.15, 0.2) is 48.5 Å². The van der Waals surface area contributed by atoms with Gasteiger partial charge in [-0.1, -0.05) is 48.9 Å². The predicted molar refractivity (Wildman–Crippen MR) is 107 cm³/mol. The SMILES string of the molecule is CCc1cccc(NC(=O)CN2CCN(Cc3ccccc3Cl)S2(=O)=O)c1. The van der Waals surface area contributed by atoms with Gasteiger partial charge in [-0.2, -0.15) is 17.0 Å². The fourth-order valence-corrected chi connectivity index (χ4v) is 4.71. The molecular weight excluding hydrogens is 386 g/mol. The molecule has 2 aromatic rings. The molecule has 3 rings (SSSR count). The third-order valence-corrected chi connectivity index (χ3v) is 6.79. The maximum absolute atomic E-state index is 12.7. The van der Waals surface area contributed by atoms with Crippen molar-refractivity contribution in [2.24, 2.45) is 0 Å². The Balaban J connectivity index is 1.64. The Morgan fingerprint density at radius 1 is 1.11 bits per heavy atom. The number of benzene rings is 2. The maximum Gasteiger partial charge on any atom is 0.282 e. The average Bonchev–Trinajstić information content (AvgIpc) is 2.91. The summed E-state index contributed by atoms with van der Waals surface area (Å²) < 4.78 is 28.0. The second-order valence-electron chi connectivity index (χ2n) is 6.37. The molecule has 0 radical (unpaired) electrons. The smallest absolute Gasteiger partial charge is 0.282 e. The molecule has 2 aromatic carbocycles. The summed E-state index contributed by atoms with van der Waals surface area (Å²) >= 11 is 6.13. The number of halogens is 1. The lowest BCUT2D eigenvalue weighted by molar-refractivity contribution is -0.116. The Labute approximate surface area is 164 Å². The van der Waals surface area contributed by atoms with E-state index in [0.717, 1.165) is 17.5 Å². The monoisotopic (exact) mass is 407 g/mol. The fraction of sp³-hybridized carbons (Fsp3) is 0.316. The van der Waals surface area contributed by atoms with Gasteiger partial charge in [-0.15, -0.1) is 0 Å². The van der Waals surface area contributed by atoms with Crippen LogP contribution in [0.4, 0.5) is 5.69 Å². The van der Waals surface area contributed by atoms with E-state index in [1.54, 1.807) is 24.3 Å². The number of carbonyl (C=O) groups is 1. The van der Waals surface area contributed by atoms with Crippen molar-refractivity contribution in [3.8, 4) is 0 Å². The first kappa shape index (κ1) is 19.8. The molecule has 1 heterocycles. The van der Waals surface area contributed by atoms with Crippen LogP contribution in [0.2, 0.25) is 5.02 Å². The molecule has 1 fully saturated rings. The Morgan fingerprint density at radius 3 is 2.59 bits per heavy atom. The van der Waals surface area contributed by atoms with Crippen LogP contribution in [0.3, 0.4) is 0 Å². The van der Waals surface area contributed by atoms with Gasteiger partial charge < -0.3 is 5.32 Å². The second-order valence-corrected chi connectivity index (χ2v) is 8.70. The van der Waals surface area contributed by atoms with Crippen LogP contribution >= 0.6 is 11.6 Å². The summed E-state index contributed by atoms with van der Waals surface area (Å²) in [5.41, 5.74) is 2.52. The first-order valence-electron chi connectivity index (χ1n) is 8.77. The summed E-state index contributed by atoms with van der Waals surface area (Å²) in [4.78, 5) is 12.3. The molecule has 0 saturated carbocycles. The number of hydrogen-bond acceptors (Lipinski definition) is 3. The van der Waals surface area contributed by atoms with E-state index in [2.05, 4.69) is 5.32 Å². The minimum atomic E-state index is -3.70. The molecule has 0 spiro atoms. The van der Waals surface area contributed by atoms with Crippen LogP contribution in [0.5, 0.6) is 0 Å². The lowest BCUT2D eigenvalue weighted by Gasteiger charge is -2.19. The highest BCUT2D eigenvalue weighted by Gasteiger charge is 2.37. The van der Waals surface area contributed by atoms with Crippen LogP contribution < -0.4 is 5.32 Å². The average molecular weight is 408 g/mol. The number of nitrogens with zero attached hydrogens (tertiary/aromatic N) is 2. The molecule has 1 N–H and O–H groups in total. The fourth-order valence-electron chi connectivity index (χ4n) is 2.98. The standard InChI is InChI=1S/C19H22ClN3O3S/c1-2-15-6-5-8-17(12-15)21-19(24)14-23-11-10-22(27(23,25)26)13-16-7-3-4-9-18(16)20/h3-9,12H,2,10-11,13-14H2,1H3,(H,21,24). The molecule has 27 heavy (non-hydrogen) atoms. The van der Waals surface area contributed by atoms with Gasteiger partial charge in [-0.05, 0) is 35.7 Å². The Kier molecular flexibility index (Phi) is 6.16. The van der Waals surface area contributed by atoms with Gasteiger partial charge in [0.05, 0.1) is 6.54 Å². The lowest BCUT2D eigenvalue weighted by atomic mass is 10.1. The molecule has 8 heteroatoms. The van der Waals surface area contributed by atoms with E-state index in [9.17, 15) is 13.2 Å². The highest BCUT2D eigenvalue weighted by Crippen LogP contribution is 2.23. The van der Waals surface area contributed by atoms with Gasteiger partial charge in [-0.3, -0.25) is 4.79 Å². The number of carbonyl (C=O) groups excluding carboxylic acids is 1. The molecule has 1 saturated heterocycles. The minimum absolute atomic E-state index is 0.193. The van der Waals surface area contributed by atoms with Crippen molar-refractivity contribution in [1.29, 1.82) is 0 Å². The van der Waals surface area contributed by atoms with Crippen molar-refractivity contribution in [2.45, 2.75) is 19.9 Å². The van der Waals surface area contributed by atoms with Crippen molar-refractivity contribution in [3.63, 3.8) is 0 Å². The van der Waals surface area contributed by atoms with Crippen LogP contribution in [-0.2, 0) is 28.0 Å². The van der Waals surface area contributed by atoms with E-state index in [4.69, 9.17) is 11.6 Å². The summed E-state index contributed by atoms with van der Waals surface area (Å²) in [5, 5.41) is 3.30. The van der Waals surface area contributed by atoms with Gasteiger partial charge in [0.25, 0.3) is 10.2 Å². The van der Waals surface area contributed by atoms with E-state index in [-0.39, 0.29) is 25.5 Å². The van der Waals surface area contributed by atoms with E-state index >= 15 is 0 Å². The van der Waals surface area contributed by atoms with Crippen molar-refractivity contribution in [1.82, 2.24) is 8.61 Å². The molecule has 1 aliphatic rings. The number of rotatable bonds is 6. The van der Waals surface area contributed by atoms with Gasteiger partial charge in [0, 0.05) is 30.3 Å². The number of aryl methyl sites for hydroxylation is 1. The minimum Gasteiger partial charge on any atom is -0.325 e. The summed E-state index contributed by atoms with van der Waals surface area (Å²) in [7, 11) is -3.70. The lowest BCUT2D eigenvalue weighted by Crippen LogP contribution is -2.37. The quantitative estimate of drug-likeness (QED) is 0.800. The largest absolute Gasteiger partial charge is 0.325 e. The van der Waals surface area contributed by atoms with Crippen molar-refractivity contribution in [2.75, 3.05) is 25.0 Å². The van der Waals surface area contributed by atoms with Crippen LogP contribution in [0, 0.1) is 0 Å². The van der Waals surface area contributed by atoms with Gasteiger partial charge in [0.1, 0.15) is 0 Å². The first-order valence-corrected chi connectivity index (χ1v) is 10.5. The Morgan fingerprint density at radius 2 is 1.85 bits per heavy atom. The first-order chi connectivity index (χ1) is 12.9. The van der Waals surface area contributed by atoms with Gasteiger partial charge in [0.15, 0.2) is 0 Å². The third-order valence-electron chi connectivity index (χ3n) is 4.49. The molecule has 6 nitrogen and oxygen atoms in total. The summed E-state index contributed by atoms with van der Waals surface area (Å²) in [6, 6.07) is 14.7. The van der Waals surface area contributed by atoms with Crippen LogP contribution in [0.1, 0.15) is 18.1 Å². The van der Waals surface area contributed by atoms with Crippen molar-refractivity contribution in [3.05, 3.63) is 64.7 Å². The predicted octanol–water partition coefficient (Wildman–Crippen LogP) is 2.90. The number of nitrogens with one attached hydrogen (secondary N) is 1. The third kappa shape index (κ3) is 4.68. The molecule has 0 aliphatic carbocycles. The van der Waals surface area contributed by atoms with Crippen molar-refractivity contribution >= 4 is 33.4 Å². The molecule has 0 bridgehead atoms. The Bertz CT molecular complexity index is 933. The zero-order valence-corrected chi connectivity index (χ0v) is 16.6. The summed E-state index contributed by atoms with van der Waals surface area (Å²) in [6.07, 6.45) is 0.862. The van der Waals surface area contributed by atoms with E-state index in [1.165, 1.54) is 8.61 Å². The zero-order valence-electron chi connectivity index (χ0n) is 15.1. The Hall–Kier alpha value is -1.93. The number of hydrogen-bond donors (Lipinski definition) is 1. The van der Waals surface area contributed by atoms with Crippen molar-refractivity contribution < 1.29 is 13.2 Å².